The maximum atomic E-state index is 12.7. The van der Waals surface area contributed by atoms with Crippen LogP contribution in [0.5, 0.6) is 0 Å². The monoisotopic (exact) mass is 445 g/mol. The Morgan fingerprint density at radius 3 is 2.29 bits per heavy atom. The minimum atomic E-state index is -3.87. The van der Waals surface area contributed by atoms with Crippen molar-refractivity contribution in [3.05, 3.63) is 62.1 Å². The average molecular weight is 446 g/mol. The predicted octanol–water partition coefficient (Wildman–Crippen LogP) is 4.00. The molecule has 0 radical (unpaired) electrons. The van der Waals surface area contributed by atoms with E-state index in [2.05, 4.69) is 5.32 Å². The maximum Gasteiger partial charge on any atom is 0.274 e. The van der Waals surface area contributed by atoms with Crippen molar-refractivity contribution in [2.75, 3.05) is 15.9 Å². The molecule has 8 nitrogen and oxygen atoms in total. The third-order valence-electron chi connectivity index (χ3n) is 3.95. The molecule has 0 aliphatic carbocycles. The molecule has 0 aliphatic heterocycles. The summed E-state index contributed by atoms with van der Waals surface area (Å²) in [7, 11) is -3.87. The number of carbonyl (C=O) groups is 1. The lowest BCUT2D eigenvalue weighted by molar-refractivity contribution is -0.385. The van der Waals surface area contributed by atoms with Crippen molar-refractivity contribution in [2.45, 2.75) is 19.9 Å². The standard InChI is InChI=1S/C17H17Cl2N3O5S/c1-10-15(5-4-6-16(10)22(24)25)20-17(23)11(2)21(28(3,26)27)14-8-12(18)7-13(19)9-14/h4-9,11H,1-3H3,(H,20,23)/t11-/m1/s1. The first kappa shape index (κ1) is 21.9. The lowest BCUT2D eigenvalue weighted by Gasteiger charge is -2.28. The number of amides is 1. The van der Waals surface area contributed by atoms with Crippen LogP contribution < -0.4 is 9.62 Å². The minimum Gasteiger partial charge on any atom is -0.324 e. The average Bonchev–Trinajstić information content (AvgIpc) is 2.54. The van der Waals surface area contributed by atoms with Crippen LogP contribution in [0.25, 0.3) is 0 Å². The van der Waals surface area contributed by atoms with Gasteiger partial charge >= 0.3 is 0 Å². The Morgan fingerprint density at radius 2 is 1.79 bits per heavy atom. The fourth-order valence-electron chi connectivity index (χ4n) is 2.67. The van der Waals surface area contributed by atoms with E-state index in [0.717, 1.165) is 10.6 Å². The van der Waals surface area contributed by atoms with Gasteiger partial charge in [-0.2, -0.15) is 0 Å². The van der Waals surface area contributed by atoms with Crippen LogP contribution in [0.1, 0.15) is 12.5 Å². The van der Waals surface area contributed by atoms with Gasteiger partial charge in [0.25, 0.3) is 5.69 Å². The van der Waals surface area contributed by atoms with Crippen molar-refractivity contribution in [1.82, 2.24) is 0 Å². The van der Waals surface area contributed by atoms with E-state index < -0.39 is 26.9 Å². The molecule has 0 fully saturated rings. The number of halogens is 2. The lowest BCUT2D eigenvalue weighted by atomic mass is 10.1. The number of nitrogens with one attached hydrogen (secondary N) is 1. The van der Waals surface area contributed by atoms with Gasteiger partial charge in [-0.3, -0.25) is 19.2 Å². The molecule has 150 valence electrons. The number of benzene rings is 2. The number of nitrogens with zero attached hydrogens (tertiary/aromatic N) is 2. The third-order valence-corrected chi connectivity index (χ3v) is 5.63. The molecule has 2 aromatic carbocycles. The third kappa shape index (κ3) is 4.92. The van der Waals surface area contributed by atoms with Gasteiger partial charge in [0.15, 0.2) is 0 Å². The van der Waals surface area contributed by atoms with Crippen molar-refractivity contribution in [3.8, 4) is 0 Å². The van der Waals surface area contributed by atoms with Gasteiger partial charge < -0.3 is 5.32 Å². The molecular formula is C17H17Cl2N3O5S. The Kier molecular flexibility index (Phi) is 6.53. The number of hydrogen-bond acceptors (Lipinski definition) is 5. The van der Waals surface area contributed by atoms with Crippen LogP contribution in [-0.4, -0.2) is 31.5 Å². The van der Waals surface area contributed by atoms with E-state index >= 15 is 0 Å². The smallest absolute Gasteiger partial charge is 0.274 e. The molecule has 28 heavy (non-hydrogen) atoms. The second-order valence-corrected chi connectivity index (χ2v) is 8.79. The summed E-state index contributed by atoms with van der Waals surface area (Å²) < 4.78 is 25.5. The quantitative estimate of drug-likeness (QED) is 0.533. The molecule has 2 rings (SSSR count). The van der Waals surface area contributed by atoms with Gasteiger partial charge in [0.1, 0.15) is 6.04 Å². The summed E-state index contributed by atoms with van der Waals surface area (Å²) in [5, 5.41) is 14.0. The first-order valence-electron chi connectivity index (χ1n) is 7.92. The van der Waals surface area contributed by atoms with Crippen molar-refractivity contribution < 1.29 is 18.1 Å². The highest BCUT2D eigenvalue weighted by Gasteiger charge is 2.30. The largest absolute Gasteiger partial charge is 0.324 e. The topological polar surface area (TPSA) is 110 Å². The second-order valence-electron chi connectivity index (χ2n) is 6.06. The van der Waals surface area contributed by atoms with Crippen LogP contribution in [0.15, 0.2) is 36.4 Å². The summed E-state index contributed by atoms with van der Waals surface area (Å²) in [5.41, 5.74) is 0.429. The molecule has 0 heterocycles. The number of sulfonamides is 1. The van der Waals surface area contributed by atoms with E-state index in [9.17, 15) is 23.3 Å². The van der Waals surface area contributed by atoms with E-state index in [1.165, 1.54) is 50.2 Å². The van der Waals surface area contributed by atoms with Gasteiger partial charge in [-0.1, -0.05) is 29.3 Å². The molecule has 0 bridgehead atoms. The van der Waals surface area contributed by atoms with Crippen molar-refractivity contribution >= 4 is 56.2 Å². The fraction of sp³-hybridized carbons (Fsp3) is 0.235. The zero-order chi connectivity index (χ0) is 21.2. The Bertz CT molecular complexity index is 1020. The minimum absolute atomic E-state index is 0.124. The number of anilines is 2. The van der Waals surface area contributed by atoms with E-state index in [-0.39, 0.29) is 32.7 Å². The van der Waals surface area contributed by atoms with Gasteiger partial charge in [-0.05, 0) is 38.1 Å². The molecule has 2 aromatic rings. The Labute approximate surface area is 172 Å². The summed E-state index contributed by atoms with van der Waals surface area (Å²) in [6.07, 6.45) is 0.949. The van der Waals surface area contributed by atoms with Crippen LogP contribution in [0, 0.1) is 17.0 Å². The van der Waals surface area contributed by atoms with Crippen molar-refractivity contribution in [1.29, 1.82) is 0 Å². The first-order valence-corrected chi connectivity index (χ1v) is 10.5. The highest BCUT2D eigenvalue weighted by Crippen LogP contribution is 2.30. The van der Waals surface area contributed by atoms with Crippen LogP contribution in [0.4, 0.5) is 17.1 Å². The molecule has 0 unspecified atom stereocenters. The summed E-state index contributed by atoms with van der Waals surface area (Å²) in [6.45, 7) is 2.88. The van der Waals surface area contributed by atoms with Crippen LogP contribution in [0.3, 0.4) is 0 Å². The summed E-state index contributed by atoms with van der Waals surface area (Å²) in [6, 6.07) is 7.23. The number of nitro groups is 1. The molecule has 1 N–H and O–H groups in total. The van der Waals surface area contributed by atoms with Crippen LogP contribution in [-0.2, 0) is 14.8 Å². The predicted molar refractivity (Wildman–Crippen MR) is 110 cm³/mol. The van der Waals surface area contributed by atoms with E-state index in [1.54, 1.807) is 0 Å². The van der Waals surface area contributed by atoms with E-state index in [4.69, 9.17) is 23.2 Å². The lowest BCUT2D eigenvalue weighted by Crippen LogP contribution is -2.45. The summed E-state index contributed by atoms with van der Waals surface area (Å²) in [4.78, 5) is 23.2. The number of rotatable bonds is 6. The fourth-order valence-corrected chi connectivity index (χ4v) is 4.34. The van der Waals surface area contributed by atoms with Gasteiger partial charge in [-0.15, -0.1) is 0 Å². The molecule has 1 atom stereocenters. The molecule has 0 aromatic heterocycles. The van der Waals surface area contributed by atoms with Crippen molar-refractivity contribution in [3.63, 3.8) is 0 Å². The van der Waals surface area contributed by atoms with Gasteiger partial charge in [0.2, 0.25) is 15.9 Å². The van der Waals surface area contributed by atoms with Gasteiger partial charge in [0.05, 0.1) is 28.1 Å². The van der Waals surface area contributed by atoms with Gasteiger partial charge in [0, 0.05) is 16.1 Å². The normalized spacial score (nSPS) is 12.3. The highest BCUT2D eigenvalue weighted by molar-refractivity contribution is 7.92. The highest BCUT2D eigenvalue weighted by atomic mass is 35.5. The second kappa shape index (κ2) is 8.34. The Hall–Kier alpha value is -2.36. The molecule has 0 saturated heterocycles. The molecule has 1 amide bonds. The SMILES string of the molecule is Cc1c(NC(=O)[C@@H](C)N(c2cc(Cl)cc(Cl)c2)S(C)(=O)=O)cccc1[N+](=O)[O-]. The van der Waals surface area contributed by atoms with Crippen molar-refractivity contribution in [2.24, 2.45) is 0 Å². The first-order chi connectivity index (χ1) is 12.9. The molecule has 11 heteroatoms. The zero-order valence-electron chi connectivity index (χ0n) is 15.1. The zero-order valence-corrected chi connectivity index (χ0v) is 17.5. The Balaban J connectivity index is 2.40. The summed E-state index contributed by atoms with van der Waals surface area (Å²) >= 11 is 11.9. The maximum absolute atomic E-state index is 12.7. The number of nitro benzene ring substituents is 1. The summed E-state index contributed by atoms with van der Waals surface area (Å²) in [5.74, 6) is -0.676. The molecule has 0 spiro atoms. The Morgan fingerprint density at radius 1 is 1.21 bits per heavy atom. The molecule has 0 saturated carbocycles. The van der Waals surface area contributed by atoms with E-state index in [1.807, 2.05) is 0 Å². The van der Waals surface area contributed by atoms with E-state index in [0.29, 0.717) is 0 Å². The van der Waals surface area contributed by atoms with Crippen LogP contribution in [0.2, 0.25) is 10.0 Å². The molecular weight excluding hydrogens is 429 g/mol. The number of carbonyl (C=O) groups excluding carboxylic acids is 1. The van der Waals surface area contributed by atoms with Crippen LogP contribution >= 0.6 is 23.2 Å². The number of hydrogen-bond donors (Lipinski definition) is 1. The molecule has 0 aliphatic rings. The van der Waals surface area contributed by atoms with Gasteiger partial charge in [-0.25, -0.2) is 8.42 Å².